The molecule has 0 saturated heterocycles. The van der Waals surface area contributed by atoms with Crippen LogP contribution < -0.4 is 14.2 Å². The molecule has 0 saturated carbocycles. The molecule has 1 N–H and O–H groups in total. The van der Waals surface area contributed by atoms with E-state index in [1.165, 1.54) is 0 Å². The van der Waals surface area contributed by atoms with E-state index in [0.29, 0.717) is 11.5 Å². The molecule has 0 amide bonds. The van der Waals surface area contributed by atoms with Gasteiger partial charge < -0.3 is 19.3 Å². The Balaban J connectivity index is 2.18. The highest BCUT2D eigenvalue weighted by atomic mass is 16.5. The lowest BCUT2D eigenvalue weighted by Crippen LogP contribution is -2.05. The van der Waals surface area contributed by atoms with E-state index in [2.05, 4.69) is 0 Å². The van der Waals surface area contributed by atoms with Crippen LogP contribution in [0.5, 0.6) is 23.0 Å². The van der Waals surface area contributed by atoms with Crippen LogP contribution in [0.4, 0.5) is 0 Å². The monoisotopic (exact) mass is 350 g/mol. The lowest BCUT2D eigenvalue weighted by molar-refractivity contribution is 0.350. The molecular weight excluding hydrogens is 328 g/mol. The van der Waals surface area contributed by atoms with Gasteiger partial charge in [0.1, 0.15) is 11.5 Å². The highest BCUT2D eigenvalue weighted by molar-refractivity contribution is 5.56. The number of hydrogen-bond acceptors (Lipinski definition) is 4. The summed E-state index contributed by atoms with van der Waals surface area (Å²) < 4.78 is 16.0. The number of benzene rings is 3. The van der Waals surface area contributed by atoms with Gasteiger partial charge in [0.2, 0.25) is 0 Å². The summed E-state index contributed by atoms with van der Waals surface area (Å²) in [6.07, 6.45) is 0. The number of phenols is 1. The molecule has 4 nitrogen and oxygen atoms in total. The first-order chi connectivity index (χ1) is 12.7. The van der Waals surface area contributed by atoms with Crippen molar-refractivity contribution in [1.29, 1.82) is 0 Å². The minimum atomic E-state index is -0.151. The van der Waals surface area contributed by atoms with Gasteiger partial charge in [-0.3, -0.25) is 0 Å². The van der Waals surface area contributed by atoms with Gasteiger partial charge in [-0.25, -0.2) is 0 Å². The molecule has 26 heavy (non-hydrogen) atoms. The lowest BCUT2D eigenvalue weighted by Gasteiger charge is -2.21. The molecule has 1 atom stereocenters. The molecule has 0 fully saturated rings. The molecule has 0 radical (unpaired) electrons. The fourth-order valence-corrected chi connectivity index (χ4v) is 3.11. The van der Waals surface area contributed by atoms with E-state index >= 15 is 0 Å². The number of phenolic OH excluding ortho intramolecular Hbond substituents is 1. The first kappa shape index (κ1) is 17.7. The molecule has 0 aliphatic heterocycles. The second-order valence-electron chi connectivity index (χ2n) is 5.88. The van der Waals surface area contributed by atoms with E-state index in [0.717, 1.165) is 22.4 Å². The fourth-order valence-electron chi connectivity index (χ4n) is 3.11. The van der Waals surface area contributed by atoms with Gasteiger partial charge in [0.15, 0.2) is 11.5 Å². The molecule has 3 rings (SSSR count). The zero-order chi connectivity index (χ0) is 18.5. The minimum absolute atomic E-state index is 0.151. The van der Waals surface area contributed by atoms with E-state index in [1.807, 2.05) is 60.7 Å². The third kappa shape index (κ3) is 3.45. The Hall–Kier alpha value is -3.14. The largest absolute Gasteiger partial charge is 0.507 e. The third-order valence-corrected chi connectivity index (χ3v) is 4.43. The van der Waals surface area contributed by atoms with Gasteiger partial charge in [-0.05, 0) is 29.3 Å². The second kappa shape index (κ2) is 7.83. The Bertz CT molecular complexity index is 857. The number of hydrogen-bond donors (Lipinski definition) is 1. The Labute approximate surface area is 153 Å². The van der Waals surface area contributed by atoms with Gasteiger partial charge >= 0.3 is 0 Å². The van der Waals surface area contributed by atoms with Gasteiger partial charge in [0.25, 0.3) is 0 Å². The Kier molecular flexibility index (Phi) is 5.32. The molecule has 0 spiro atoms. The quantitative estimate of drug-likeness (QED) is 0.660. The lowest BCUT2D eigenvalue weighted by atomic mass is 9.84. The average Bonchev–Trinajstić information content (AvgIpc) is 2.70. The van der Waals surface area contributed by atoms with Gasteiger partial charge in [-0.2, -0.15) is 0 Å². The molecule has 0 aliphatic carbocycles. The molecule has 0 aromatic heterocycles. The van der Waals surface area contributed by atoms with E-state index in [9.17, 15) is 5.11 Å². The van der Waals surface area contributed by atoms with Gasteiger partial charge in [0, 0.05) is 17.5 Å². The second-order valence-corrected chi connectivity index (χ2v) is 5.88. The molecule has 4 heteroatoms. The van der Waals surface area contributed by atoms with Crippen molar-refractivity contribution >= 4 is 0 Å². The predicted octanol–water partition coefficient (Wildman–Crippen LogP) is 4.60. The van der Waals surface area contributed by atoms with Crippen molar-refractivity contribution in [2.75, 3.05) is 21.3 Å². The van der Waals surface area contributed by atoms with Crippen molar-refractivity contribution in [3.05, 3.63) is 83.4 Å². The van der Waals surface area contributed by atoms with Crippen LogP contribution in [0.2, 0.25) is 0 Å². The van der Waals surface area contributed by atoms with Gasteiger partial charge in [-0.1, -0.05) is 42.5 Å². The zero-order valence-electron chi connectivity index (χ0n) is 15.1. The maximum absolute atomic E-state index is 10.7. The average molecular weight is 350 g/mol. The van der Waals surface area contributed by atoms with Crippen LogP contribution in [0.25, 0.3) is 0 Å². The van der Waals surface area contributed by atoms with Gasteiger partial charge in [0.05, 0.1) is 21.3 Å². The summed E-state index contributed by atoms with van der Waals surface area (Å²) in [5.41, 5.74) is 2.86. The van der Waals surface area contributed by atoms with Crippen LogP contribution in [0.1, 0.15) is 22.6 Å². The SMILES string of the molecule is COc1ccc([C@@H](c2ccccc2)c2cc(OC)c(OC)cc2O)cc1. The van der Waals surface area contributed by atoms with E-state index in [1.54, 1.807) is 27.4 Å². The van der Waals surface area contributed by atoms with Crippen LogP contribution >= 0.6 is 0 Å². The molecule has 3 aromatic carbocycles. The van der Waals surface area contributed by atoms with Crippen LogP contribution in [0.15, 0.2) is 66.7 Å². The van der Waals surface area contributed by atoms with Crippen molar-refractivity contribution < 1.29 is 19.3 Å². The first-order valence-corrected chi connectivity index (χ1v) is 8.31. The summed E-state index contributed by atoms with van der Waals surface area (Å²) in [6, 6.07) is 21.3. The fraction of sp³-hybridized carbons (Fsp3) is 0.182. The highest BCUT2D eigenvalue weighted by Gasteiger charge is 2.22. The smallest absolute Gasteiger partial charge is 0.164 e. The summed E-state index contributed by atoms with van der Waals surface area (Å²) in [4.78, 5) is 0. The van der Waals surface area contributed by atoms with Crippen LogP contribution in [0, 0.1) is 0 Å². The zero-order valence-corrected chi connectivity index (χ0v) is 15.1. The molecule has 3 aromatic rings. The maximum Gasteiger partial charge on any atom is 0.164 e. The van der Waals surface area contributed by atoms with E-state index in [-0.39, 0.29) is 11.7 Å². The Morgan fingerprint density at radius 2 is 1.27 bits per heavy atom. The van der Waals surface area contributed by atoms with Crippen LogP contribution in [-0.2, 0) is 0 Å². The van der Waals surface area contributed by atoms with Crippen molar-refractivity contribution in [2.45, 2.75) is 5.92 Å². The highest BCUT2D eigenvalue weighted by Crippen LogP contribution is 2.42. The molecule has 0 heterocycles. The summed E-state index contributed by atoms with van der Waals surface area (Å²) in [6.45, 7) is 0. The van der Waals surface area contributed by atoms with E-state index in [4.69, 9.17) is 14.2 Å². The minimum Gasteiger partial charge on any atom is -0.507 e. The maximum atomic E-state index is 10.7. The van der Waals surface area contributed by atoms with Crippen molar-refractivity contribution in [3.8, 4) is 23.0 Å². The van der Waals surface area contributed by atoms with Gasteiger partial charge in [-0.15, -0.1) is 0 Å². The van der Waals surface area contributed by atoms with Crippen molar-refractivity contribution in [1.82, 2.24) is 0 Å². The molecular formula is C22H22O4. The molecule has 0 bridgehead atoms. The van der Waals surface area contributed by atoms with Crippen LogP contribution in [0.3, 0.4) is 0 Å². The number of ether oxygens (including phenoxy) is 3. The summed E-state index contributed by atoms with van der Waals surface area (Å²) >= 11 is 0. The topological polar surface area (TPSA) is 47.9 Å². The van der Waals surface area contributed by atoms with Crippen molar-refractivity contribution in [3.63, 3.8) is 0 Å². The predicted molar refractivity (Wildman–Crippen MR) is 102 cm³/mol. The number of rotatable bonds is 6. The van der Waals surface area contributed by atoms with Crippen LogP contribution in [-0.4, -0.2) is 26.4 Å². The summed E-state index contributed by atoms with van der Waals surface area (Å²) in [7, 11) is 4.78. The summed E-state index contributed by atoms with van der Waals surface area (Å²) in [5, 5.41) is 10.7. The van der Waals surface area contributed by atoms with Crippen molar-refractivity contribution in [2.24, 2.45) is 0 Å². The Morgan fingerprint density at radius 1 is 0.692 bits per heavy atom. The molecule has 0 unspecified atom stereocenters. The number of methoxy groups -OCH3 is 3. The molecule has 0 aliphatic rings. The summed E-state index contributed by atoms with van der Waals surface area (Å²) in [5.74, 6) is 1.87. The number of aromatic hydroxyl groups is 1. The third-order valence-electron chi connectivity index (χ3n) is 4.43. The standard InChI is InChI=1S/C22H22O4/c1-24-17-11-9-16(10-12-17)22(15-7-5-4-6-8-15)18-13-20(25-2)21(26-3)14-19(18)23/h4-14,22-23H,1-3H3/t22-/m1/s1. The molecule has 134 valence electrons. The first-order valence-electron chi connectivity index (χ1n) is 8.31. The Morgan fingerprint density at radius 3 is 1.85 bits per heavy atom. The normalized spacial score (nSPS) is 11.7. The van der Waals surface area contributed by atoms with E-state index < -0.39 is 0 Å².